The number of halogens is 1. The van der Waals surface area contributed by atoms with Gasteiger partial charge in [-0.1, -0.05) is 30.7 Å². The zero-order valence-electron chi connectivity index (χ0n) is 17.4. The number of hydrogen-bond acceptors (Lipinski definition) is 6. The molecule has 2 aliphatic heterocycles. The fourth-order valence-electron chi connectivity index (χ4n) is 4.70. The SMILES string of the molecule is CC1C2CCN(c3cc(-c4nc5ccccc5[nH]4)c(Cl)cn3)CCC(C2)N=NC1C=O. The van der Waals surface area contributed by atoms with E-state index in [0.717, 1.165) is 66.9 Å². The van der Waals surface area contributed by atoms with Crippen LogP contribution in [-0.2, 0) is 4.79 Å². The number of para-hydroxylation sites is 2. The largest absolute Gasteiger partial charge is 0.357 e. The number of nitrogens with one attached hydrogen (secondary N) is 1. The number of aldehydes is 1. The minimum Gasteiger partial charge on any atom is -0.357 e. The van der Waals surface area contributed by atoms with E-state index in [0.29, 0.717) is 10.9 Å². The Balaban J connectivity index is 1.43. The summed E-state index contributed by atoms with van der Waals surface area (Å²) in [4.78, 5) is 26.4. The normalized spacial score (nSPS) is 26.3. The zero-order valence-corrected chi connectivity index (χ0v) is 18.2. The molecule has 1 N–H and O–H groups in total. The van der Waals surface area contributed by atoms with Gasteiger partial charge in [0.2, 0.25) is 0 Å². The molecule has 31 heavy (non-hydrogen) atoms. The van der Waals surface area contributed by atoms with Crippen molar-refractivity contribution in [3.63, 3.8) is 0 Å². The molecule has 3 aromatic rings. The number of benzene rings is 1. The first-order valence-corrected chi connectivity index (χ1v) is 11.2. The molecule has 1 aromatic carbocycles. The Morgan fingerprint density at radius 1 is 1.19 bits per heavy atom. The Morgan fingerprint density at radius 3 is 2.87 bits per heavy atom. The molecule has 0 radical (unpaired) electrons. The molecule has 2 aromatic heterocycles. The average Bonchev–Trinajstić information content (AvgIpc) is 3.12. The summed E-state index contributed by atoms with van der Waals surface area (Å²) in [5.74, 6) is 2.25. The maximum atomic E-state index is 11.4. The van der Waals surface area contributed by atoms with Crippen molar-refractivity contribution in [1.29, 1.82) is 0 Å². The van der Waals surface area contributed by atoms with Gasteiger partial charge < -0.3 is 14.7 Å². The summed E-state index contributed by atoms with van der Waals surface area (Å²) in [5, 5.41) is 9.38. The fourth-order valence-corrected chi connectivity index (χ4v) is 4.90. The van der Waals surface area contributed by atoms with Crippen molar-refractivity contribution < 1.29 is 4.79 Å². The molecular formula is C23H25ClN6O. The number of anilines is 1. The van der Waals surface area contributed by atoms with Gasteiger partial charge in [0.25, 0.3) is 0 Å². The first-order valence-electron chi connectivity index (χ1n) is 10.8. The summed E-state index contributed by atoms with van der Waals surface area (Å²) < 4.78 is 0. The van der Waals surface area contributed by atoms with Crippen LogP contribution in [0.2, 0.25) is 5.02 Å². The molecule has 0 saturated carbocycles. The van der Waals surface area contributed by atoms with Crippen LogP contribution >= 0.6 is 11.6 Å². The van der Waals surface area contributed by atoms with Gasteiger partial charge in [0, 0.05) is 24.8 Å². The quantitative estimate of drug-likeness (QED) is 0.590. The predicted octanol–water partition coefficient (Wildman–Crippen LogP) is 4.92. The van der Waals surface area contributed by atoms with E-state index < -0.39 is 0 Å². The molecule has 0 spiro atoms. The van der Waals surface area contributed by atoms with E-state index in [1.165, 1.54) is 0 Å². The van der Waals surface area contributed by atoms with Crippen molar-refractivity contribution in [2.45, 2.75) is 38.3 Å². The Bertz CT molecular complexity index is 1100. The Hall–Kier alpha value is -2.80. The monoisotopic (exact) mass is 436 g/mol. The minimum absolute atomic E-state index is 0.155. The molecule has 0 aliphatic carbocycles. The van der Waals surface area contributed by atoms with Crippen molar-refractivity contribution in [1.82, 2.24) is 15.0 Å². The lowest BCUT2D eigenvalue weighted by Gasteiger charge is -2.33. The Kier molecular flexibility index (Phi) is 5.44. The second-order valence-corrected chi connectivity index (χ2v) is 8.96. The van der Waals surface area contributed by atoms with Gasteiger partial charge in [0.15, 0.2) is 0 Å². The zero-order chi connectivity index (χ0) is 21.4. The van der Waals surface area contributed by atoms with E-state index in [-0.39, 0.29) is 18.0 Å². The van der Waals surface area contributed by atoms with Gasteiger partial charge in [0.1, 0.15) is 24.0 Å². The molecule has 4 unspecified atom stereocenters. The minimum atomic E-state index is -0.324. The van der Waals surface area contributed by atoms with E-state index in [1.54, 1.807) is 6.20 Å². The van der Waals surface area contributed by atoms with Crippen molar-refractivity contribution in [3.05, 3.63) is 41.6 Å². The molecule has 2 bridgehead atoms. The van der Waals surface area contributed by atoms with Crippen LogP contribution in [0.4, 0.5) is 5.82 Å². The second-order valence-electron chi connectivity index (χ2n) is 8.56. The van der Waals surface area contributed by atoms with Gasteiger partial charge in [-0.3, -0.25) is 0 Å². The topological polar surface area (TPSA) is 86.6 Å². The second kappa shape index (κ2) is 8.38. The van der Waals surface area contributed by atoms with E-state index in [2.05, 4.69) is 32.0 Å². The number of nitrogens with zero attached hydrogens (tertiary/aromatic N) is 5. The van der Waals surface area contributed by atoms with Crippen molar-refractivity contribution in [3.8, 4) is 11.4 Å². The smallest absolute Gasteiger partial charge is 0.146 e. The maximum absolute atomic E-state index is 11.4. The van der Waals surface area contributed by atoms with Crippen LogP contribution in [0.5, 0.6) is 0 Å². The van der Waals surface area contributed by atoms with Crippen LogP contribution in [0.3, 0.4) is 0 Å². The summed E-state index contributed by atoms with van der Waals surface area (Å²) in [6.07, 6.45) is 5.52. The van der Waals surface area contributed by atoms with E-state index >= 15 is 0 Å². The van der Waals surface area contributed by atoms with Gasteiger partial charge in [-0.15, -0.1) is 0 Å². The molecule has 1 saturated heterocycles. The highest BCUT2D eigenvalue weighted by Gasteiger charge is 2.33. The fraction of sp³-hybridized carbons (Fsp3) is 0.435. The number of fused-ring (bicyclic) bond motifs is 3. The third-order valence-electron chi connectivity index (χ3n) is 6.67. The van der Waals surface area contributed by atoms with Gasteiger partial charge >= 0.3 is 0 Å². The van der Waals surface area contributed by atoms with Crippen LogP contribution in [0.15, 0.2) is 46.8 Å². The number of H-pyrrole nitrogens is 1. The molecule has 7 nitrogen and oxygen atoms in total. The van der Waals surface area contributed by atoms with E-state index in [9.17, 15) is 4.79 Å². The molecule has 160 valence electrons. The van der Waals surface area contributed by atoms with Crippen LogP contribution in [-0.4, -0.2) is 46.4 Å². The first kappa shape index (κ1) is 20.1. The van der Waals surface area contributed by atoms with Crippen LogP contribution < -0.4 is 4.90 Å². The number of carbonyl (C=O) groups excluding carboxylic acids is 1. The summed E-state index contributed by atoms with van der Waals surface area (Å²) in [7, 11) is 0. The highest BCUT2D eigenvalue weighted by Crippen LogP contribution is 2.35. The van der Waals surface area contributed by atoms with Gasteiger partial charge in [-0.05, 0) is 49.3 Å². The number of azo groups is 1. The van der Waals surface area contributed by atoms with E-state index in [4.69, 9.17) is 16.6 Å². The number of rotatable bonds is 3. The molecule has 4 heterocycles. The summed E-state index contributed by atoms with van der Waals surface area (Å²) in [6, 6.07) is 9.79. The van der Waals surface area contributed by atoms with Crippen LogP contribution in [0, 0.1) is 11.8 Å². The van der Waals surface area contributed by atoms with Gasteiger partial charge in [0.05, 0.1) is 22.1 Å². The maximum Gasteiger partial charge on any atom is 0.146 e. The Labute approximate surface area is 185 Å². The number of hydrogen-bond donors (Lipinski definition) is 1. The summed E-state index contributed by atoms with van der Waals surface area (Å²) in [6.45, 7) is 3.84. The molecule has 1 fully saturated rings. The third-order valence-corrected chi connectivity index (χ3v) is 6.97. The number of imidazole rings is 1. The molecule has 2 aliphatic rings. The molecule has 0 amide bonds. The van der Waals surface area contributed by atoms with Gasteiger partial charge in [-0.25, -0.2) is 9.97 Å². The third kappa shape index (κ3) is 3.94. The number of aromatic amines is 1. The molecule has 5 rings (SSSR count). The predicted molar refractivity (Wildman–Crippen MR) is 122 cm³/mol. The lowest BCUT2D eigenvalue weighted by molar-refractivity contribution is -0.110. The summed E-state index contributed by atoms with van der Waals surface area (Å²) in [5.41, 5.74) is 2.73. The van der Waals surface area contributed by atoms with Crippen LogP contribution in [0.25, 0.3) is 22.4 Å². The van der Waals surface area contributed by atoms with Crippen molar-refractivity contribution in [2.24, 2.45) is 22.1 Å². The standard InChI is InChI=1S/C23H25ClN6O/c1-14-15-6-8-30(9-7-16(10-15)28-29-21(14)13-31)22-11-17(18(24)12-25-22)23-26-19-4-2-3-5-20(19)27-23/h2-5,11-16,21H,6-10H2,1H3,(H,26,27). The highest BCUT2D eigenvalue weighted by molar-refractivity contribution is 6.33. The number of aromatic nitrogens is 3. The summed E-state index contributed by atoms with van der Waals surface area (Å²) >= 11 is 6.50. The lowest BCUT2D eigenvalue weighted by Crippen LogP contribution is -2.35. The lowest BCUT2D eigenvalue weighted by atomic mass is 9.81. The average molecular weight is 437 g/mol. The molecular weight excluding hydrogens is 412 g/mol. The van der Waals surface area contributed by atoms with E-state index in [1.807, 2.05) is 30.3 Å². The highest BCUT2D eigenvalue weighted by atomic mass is 35.5. The number of pyridine rings is 1. The van der Waals surface area contributed by atoms with Crippen molar-refractivity contribution in [2.75, 3.05) is 18.0 Å². The number of carbonyl (C=O) groups is 1. The van der Waals surface area contributed by atoms with Crippen molar-refractivity contribution >= 4 is 34.7 Å². The molecule has 4 atom stereocenters. The van der Waals surface area contributed by atoms with Gasteiger partial charge in [-0.2, -0.15) is 10.2 Å². The Morgan fingerprint density at radius 2 is 2.03 bits per heavy atom. The van der Waals surface area contributed by atoms with Crippen LogP contribution in [0.1, 0.15) is 26.2 Å². The first-order chi connectivity index (χ1) is 15.1. The molecule has 8 heteroatoms.